The van der Waals surface area contributed by atoms with Crippen LogP contribution in [0.5, 0.6) is 0 Å². The van der Waals surface area contributed by atoms with Gasteiger partial charge < -0.3 is 4.90 Å². The maximum atomic E-state index is 4.60. The molecule has 0 aliphatic carbocycles. The van der Waals surface area contributed by atoms with Crippen LogP contribution in [-0.4, -0.2) is 22.9 Å². The Morgan fingerprint density at radius 2 is 2.00 bits per heavy atom. The van der Waals surface area contributed by atoms with Crippen LogP contribution in [0, 0.1) is 6.92 Å². The predicted octanol–water partition coefficient (Wildman–Crippen LogP) is 4.15. The van der Waals surface area contributed by atoms with Gasteiger partial charge in [0.25, 0.3) is 0 Å². The van der Waals surface area contributed by atoms with E-state index >= 15 is 0 Å². The Morgan fingerprint density at radius 1 is 1.28 bits per heavy atom. The topological polar surface area (TPSA) is 16.1 Å². The van der Waals surface area contributed by atoms with E-state index in [1.807, 2.05) is 6.07 Å². The standard InChI is InChI=1S/C15H19BrN2/c1-11(2)18(9-8-16)15-10-12(3)17-14-7-5-4-6-13(14)15/h4-7,10-11H,8-9H2,1-3H3. The van der Waals surface area contributed by atoms with Crippen LogP contribution in [-0.2, 0) is 0 Å². The number of halogens is 1. The van der Waals surface area contributed by atoms with E-state index in [0.717, 1.165) is 23.1 Å². The number of anilines is 1. The first-order chi connectivity index (χ1) is 8.63. The predicted molar refractivity (Wildman–Crippen MR) is 82.8 cm³/mol. The molecule has 18 heavy (non-hydrogen) atoms. The Kier molecular flexibility index (Phi) is 4.23. The van der Waals surface area contributed by atoms with E-state index in [0.29, 0.717) is 6.04 Å². The fourth-order valence-electron chi connectivity index (χ4n) is 2.27. The van der Waals surface area contributed by atoms with E-state index in [1.165, 1.54) is 11.1 Å². The SMILES string of the molecule is Cc1cc(N(CCBr)C(C)C)c2ccccc2n1. The summed E-state index contributed by atoms with van der Waals surface area (Å²) in [6.07, 6.45) is 0. The first-order valence-corrected chi connectivity index (χ1v) is 7.44. The largest absolute Gasteiger partial charge is 0.368 e. The lowest BCUT2D eigenvalue weighted by Crippen LogP contribution is -2.32. The van der Waals surface area contributed by atoms with Crippen molar-refractivity contribution in [3.63, 3.8) is 0 Å². The normalized spacial score (nSPS) is 11.2. The molecule has 0 fully saturated rings. The lowest BCUT2D eigenvalue weighted by atomic mass is 10.1. The summed E-state index contributed by atoms with van der Waals surface area (Å²) >= 11 is 3.54. The van der Waals surface area contributed by atoms with Gasteiger partial charge in [0.15, 0.2) is 0 Å². The van der Waals surface area contributed by atoms with Crippen LogP contribution in [0.3, 0.4) is 0 Å². The molecule has 2 nitrogen and oxygen atoms in total. The van der Waals surface area contributed by atoms with E-state index in [2.05, 4.69) is 70.9 Å². The van der Waals surface area contributed by atoms with Crippen LogP contribution in [0.2, 0.25) is 0 Å². The third-order valence-electron chi connectivity index (χ3n) is 3.08. The molecule has 1 aromatic carbocycles. The monoisotopic (exact) mass is 306 g/mol. The van der Waals surface area contributed by atoms with Crippen LogP contribution in [0.25, 0.3) is 10.9 Å². The molecule has 0 radical (unpaired) electrons. The summed E-state index contributed by atoms with van der Waals surface area (Å²) in [5, 5.41) is 2.21. The number of hydrogen-bond acceptors (Lipinski definition) is 2. The molecular formula is C15H19BrN2. The van der Waals surface area contributed by atoms with Gasteiger partial charge in [0.05, 0.1) is 5.52 Å². The Hall–Kier alpha value is -1.09. The number of hydrogen-bond donors (Lipinski definition) is 0. The molecule has 0 atom stereocenters. The molecule has 2 aromatic rings. The van der Waals surface area contributed by atoms with Gasteiger partial charge in [-0.25, -0.2) is 0 Å². The van der Waals surface area contributed by atoms with Crippen LogP contribution >= 0.6 is 15.9 Å². The lowest BCUT2D eigenvalue weighted by molar-refractivity contribution is 0.710. The molecule has 96 valence electrons. The fourth-order valence-corrected chi connectivity index (χ4v) is 2.65. The summed E-state index contributed by atoms with van der Waals surface area (Å²) in [5.41, 5.74) is 3.43. The number of aryl methyl sites for hydroxylation is 1. The van der Waals surface area contributed by atoms with Gasteiger partial charge in [-0.05, 0) is 32.9 Å². The van der Waals surface area contributed by atoms with Crippen molar-refractivity contribution in [3.05, 3.63) is 36.0 Å². The van der Waals surface area contributed by atoms with Crippen molar-refractivity contribution in [3.8, 4) is 0 Å². The number of benzene rings is 1. The summed E-state index contributed by atoms with van der Waals surface area (Å²) in [6.45, 7) is 7.52. The van der Waals surface area contributed by atoms with Crippen LogP contribution < -0.4 is 4.90 Å². The minimum atomic E-state index is 0.479. The van der Waals surface area contributed by atoms with E-state index in [4.69, 9.17) is 0 Å². The molecular weight excluding hydrogens is 288 g/mol. The Bertz CT molecular complexity index is 537. The highest BCUT2D eigenvalue weighted by Crippen LogP contribution is 2.28. The number of alkyl halides is 1. The second kappa shape index (κ2) is 5.70. The van der Waals surface area contributed by atoms with Crippen molar-refractivity contribution in [2.24, 2.45) is 0 Å². The maximum absolute atomic E-state index is 4.60. The van der Waals surface area contributed by atoms with Crippen molar-refractivity contribution >= 4 is 32.5 Å². The number of rotatable bonds is 4. The molecule has 1 heterocycles. The van der Waals surface area contributed by atoms with Gasteiger partial charge in [-0.1, -0.05) is 34.1 Å². The second-order valence-electron chi connectivity index (χ2n) is 4.78. The van der Waals surface area contributed by atoms with Gasteiger partial charge in [-0.2, -0.15) is 0 Å². The Balaban J connectivity index is 2.60. The third-order valence-corrected chi connectivity index (χ3v) is 3.44. The van der Waals surface area contributed by atoms with Gasteiger partial charge in [-0.3, -0.25) is 4.98 Å². The molecule has 0 saturated carbocycles. The van der Waals surface area contributed by atoms with Crippen LogP contribution in [0.4, 0.5) is 5.69 Å². The molecule has 0 N–H and O–H groups in total. The molecule has 1 aromatic heterocycles. The number of para-hydroxylation sites is 1. The highest BCUT2D eigenvalue weighted by molar-refractivity contribution is 9.09. The van der Waals surface area contributed by atoms with E-state index in [-0.39, 0.29) is 0 Å². The van der Waals surface area contributed by atoms with Gasteiger partial charge >= 0.3 is 0 Å². The second-order valence-corrected chi connectivity index (χ2v) is 5.57. The highest BCUT2D eigenvalue weighted by atomic mass is 79.9. The van der Waals surface area contributed by atoms with Gasteiger partial charge in [0.2, 0.25) is 0 Å². The summed E-state index contributed by atoms with van der Waals surface area (Å²) in [6, 6.07) is 11.0. The summed E-state index contributed by atoms with van der Waals surface area (Å²) in [5.74, 6) is 0. The van der Waals surface area contributed by atoms with Crippen molar-refractivity contribution in [2.75, 3.05) is 16.8 Å². The zero-order chi connectivity index (χ0) is 13.1. The summed E-state index contributed by atoms with van der Waals surface area (Å²) in [7, 11) is 0. The Labute approximate surface area is 117 Å². The number of aromatic nitrogens is 1. The molecule has 0 amide bonds. The van der Waals surface area contributed by atoms with Crippen LogP contribution in [0.1, 0.15) is 19.5 Å². The molecule has 0 saturated heterocycles. The average molecular weight is 307 g/mol. The molecule has 0 bridgehead atoms. The quantitative estimate of drug-likeness (QED) is 0.789. The van der Waals surface area contributed by atoms with E-state index in [9.17, 15) is 0 Å². The van der Waals surface area contributed by atoms with Crippen molar-refractivity contribution < 1.29 is 0 Å². The molecule has 0 unspecified atom stereocenters. The zero-order valence-corrected chi connectivity index (χ0v) is 12.7. The van der Waals surface area contributed by atoms with E-state index in [1.54, 1.807) is 0 Å². The number of fused-ring (bicyclic) bond motifs is 1. The summed E-state index contributed by atoms with van der Waals surface area (Å²) < 4.78 is 0. The lowest BCUT2D eigenvalue weighted by Gasteiger charge is -2.29. The Morgan fingerprint density at radius 3 is 2.67 bits per heavy atom. The highest BCUT2D eigenvalue weighted by Gasteiger charge is 2.13. The zero-order valence-electron chi connectivity index (χ0n) is 11.2. The van der Waals surface area contributed by atoms with Gasteiger partial charge in [0, 0.05) is 34.7 Å². The van der Waals surface area contributed by atoms with Gasteiger partial charge in [0.1, 0.15) is 0 Å². The maximum Gasteiger partial charge on any atom is 0.0726 e. The fraction of sp³-hybridized carbons (Fsp3) is 0.400. The van der Waals surface area contributed by atoms with Gasteiger partial charge in [-0.15, -0.1) is 0 Å². The average Bonchev–Trinajstić information content (AvgIpc) is 2.34. The number of pyridine rings is 1. The van der Waals surface area contributed by atoms with Crippen LogP contribution in [0.15, 0.2) is 30.3 Å². The first kappa shape index (κ1) is 13.3. The third kappa shape index (κ3) is 2.66. The molecule has 0 aliphatic heterocycles. The first-order valence-electron chi connectivity index (χ1n) is 6.32. The van der Waals surface area contributed by atoms with Crippen molar-refractivity contribution in [1.29, 1.82) is 0 Å². The van der Waals surface area contributed by atoms with Crippen molar-refractivity contribution in [2.45, 2.75) is 26.8 Å². The van der Waals surface area contributed by atoms with E-state index < -0.39 is 0 Å². The molecule has 3 heteroatoms. The number of nitrogens with zero attached hydrogens (tertiary/aromatic N) is 2. The molecule has 0 aliphatic rings. The smallest absolute Gasteiger partial charge is 0.0726 e. The molecule has 0 spiro atoms. The minimum Gasteiger partial charge on any atom is -0.368 e. The molecule has 2 rings (SSSR count). The van der Waals surface area contributed by atoms with Crippen molar-refractivity contribution in [1.82, 2.24) is 4.98 Å². The minimum absolute atomic E-state index is 0.479. The summed E-state index contributed by atoms with van der Waals surface area (Å²) in [4.78, 5) is 7.02.